The zero-order chi connectivity index (χ0) is 11.8. The normalized spacial score (nSPS) is 9.81. The third-order valence-electron chi connectivity index (χ3n) is 2.00. The van der Waals surface area contributed by atoms with Crippen LogP contribution in [0.15, 0.2) is 29.2 Å². The topological polar surface area (TPSA) is 29.1 Å². The molecule has 0 unspecified atom stereocenters. The molecule has 0 amide bonds. The van der Waals surface area contributed by atoms with Gasteiger partial charge >= 0.3 is 106 Å². The molecule has 5 heteroatoms. The van der Waals surface area contributed by atoms with Crippen LogP contribution in [-0.2, 0) is 11.1 Å². The summed E-state index contributed by atoms with van der Waals surface area (Å²) in [5.74, 6) is 0. The molecule has 0 aliphatic carbocycles. The molecule has 0 spiro atoms. The van der Waals surface area contributed by atoms with Crippen LogP contribution >= 0.6 is 24.0 Å². The van der Waals surface area contributed by atoms with E-state index in [1.807, 2.05) is 6.92 Å². The molecule has 1 rings (SSSR count). The quantitative estimate of drug-likeness (QED) is 0.363. The Hall–Kier alpha value is -0.515. The summed E-state index contributed by atoms with van der Waals surface area (Å²) in [5.41, 5.74) is 1.27. The number of thioether (sulfide) groups is 1. The van der Waals surface area contributed by atoms with Crippen LogP contribution in [0.5, 0.6) is 0 Å². The van der Waals surface area contributed by atoms with E-state index in [9.17, 15) is 4.70 Å². The number of hydrogen-bond acceptors (Lipinski definition) is 4. The summed E-state index contributed by atoms with van der Waals surface area (Å²) >= 11 is 6.64. The summed E-state index contributed by atoms with van der Waals surface area (Å²) in [6.45, 7) is 2.76. The van der Waals surface area contributed by atoms with E-state index < -0.39 is 0 Å². The molecule has 0 saturated heterocycles. The van der Waals surface area contributed by atoms with Gasteiger partial charge in [0.1, 0.15) is 0 Å². The first-order chi connectivity index (χ1) is 7.72. The second kappa shape index (κ2) is 7.71. The van der Waals surface area contributed by atoms with Crippen molar-refractivity contribution < 1.29 is 4.70 Å². The molecule has 84 valence electrons. The Morgan fingerprint density at radius 2 is 2.12 bits per heavy atom. The zero-order valence-electron chi connectivity index (χ0n) is 9.23. The van der Waals surface area contributed by atoms with Crippen molar-refractivity contribution >= 4 is 35.3 Å². The van der Waals surface area contributed by atoms with Crippen molar-refractivity contribution in [2.45, 2.75) is 18.2 Å². The fraction of sp³-hybridized carbons (Fsp3) is 0.364. The molecule has 0 aromatic heterocycles. The van der Waals surface area contributed by atoms with Crippen LogP contribution in [0.2, 0.25) is 0 Å². The van der Waals surface area contributed by atoms with Gasteiger partial charge in [0.2, 0.25) is 0 Å². The van der Waals surface area contributed by atoms with Crippen LogP contribution in [0.25, 0.3) is 0 Å². The van der Waals surface area contributed by atoms with Gasteiger partial charge in [0, 0.05) is 0 Å². The molecule has 0 saturated carbocycles. The number of hydrogen-bond donors (Lipinski definition) is 1. The molecule has 0 bridgehead atoms. The van der Waals surface area contributed by atoms with Gasteiger partial charge in [0.15, 0.2) is 0 Å². The molecule has 0 atom stereocenters. The van der Waals surface area contributed by atoms with Crippen LogP contribution in [0, 0.1) is 0 Å². The molecule has 0 aliphatic heterocycles. The molecule has 0 heterocycles. The molecule has 0 aliphatic rings. The predicted molar refractivity (Wildman–Crippen MR) is 73.6 cm³/mol. The monoisotopic (exact) mass is 251 g/mol. The van der Waals surface area contributed by atoms with E-state index in [1.165, 1.54) is 10.5 Å². The molecule has 16 heavy (non-hydrogen) atoms. The Labute approximate surface area is 106 Å². The van der Waals surface area contributed by atoms with Gasteiger partial charge in [0.25, 0.3) is 0 Å². The van der Waals surface area contributed by atoms with Crippen molar-refractivity contribution in [1.82, 2.24) is 5.32 Å². The Kier molecular flexibility index (Phi) is 6.53. The SMILES string of the molecule is CC(=S)Sc1ccc(CCNCB=O)cc1. The first-order valence-electron chi connectivity index (χ1n) is 5.14. The molecule has 0 radical (unpaired) electrons. The minimum absolute atomic E-state index is 0.429. The molecule has 2 nitrogen and oxygen atoms in total. The summed E-state index contributed by atoms with van der Waals surface area (Å²) in [7, 11) is 0.877. The van der Waals surface area contributed by atoms with E-state index in [0.717, 1.165) is 24.3 Å². The van der Waals surface area contributed by atoms with Crippen molar-refractivity contribution in [3.05, 3.63) is 29.8 Å². The third kappa shape index (κ3) is 5.54. The van der Waals surface area contributed by atoms with E-state index in [2.05, 4.69) is 29.6 Å². The maximum atomic E-state index is 10.1. The van der Waals surface area contributed by atoms with E-state index in [0.29, 0.717) is 6.44 Å². The maximum absolute atomic E-state index is 10.1. The van der Waals surface area contributed by atoms with Crippen LogP contribution < -0.4 is 5.32 Å². The average molecular weight is 251 g/mol. The summed E-state index contributed by atoms with van der Waals surface area (Å²) in [4.78, 5) is 1.18. The van der Waals surface area contributed by atoms with Gasteiger partial charge in [-0.05, 0) is 0 Å². The van der Waals surface area contributed by atoms with Crippen LogP contribution in [0.1, 0.15) is 12.5 Å². The number of nitrogens with one attached hydrogen (secondary N) is 1. The average Bonchev–Trinajstić information content (AvgIpc) is 2.26. The van der Waals surface area contributed by atoms with Crippen molar-refractivity contribution in [3.63, 3.8) is 0 Å². The van der Waals surface area contributed by atoms with Crippen LogP contribution in [0.4, 0.5) is 0 Å². The van der Waals surface area contributed by atoms with E-state index >= 15 is 0 Å². The fourth-order valence-corrected chi connectivity index (χ4v) is 2.18. The second-order valence-corrected chi connectivity index (χ2v) is 5.52. The number of thiocarbonyl (C=S) groups is 1. The second-order valence-electron chi connectivity index (χ2n) is 3.36. The van der Waals surface area contributed by atoms with E-state index in [-0.39, 0.29) is 0 Å². The number of rotatable bonds is 6. The standard InChI is InChI=1S/C11H14BNOS2/c1-9(15)16-11-4-2-10(3-5-11)6-7-13-8-12-14/h2-5,13H,6-8H2,1H3. The zero-order valence-corrected chi connectivity index (χ0v) is 10.9. The summed E-state index contributed by atoms with van der Waals surface area (Å²) < 4.78 is 11.0. The van der Waals surface area contributed by atoms with Gasteiger partial charge in [-0.3, -0.25) is 0 Å². The van der Waals surface area contributed by atoms with Crippen molar-refractivity contribution in [3.8, 4) is 0 Å². The minimum atomic E-state index is 0.429. The Bertz CT molecular complexity index is 354. The molecule has 1 aromatic carbocycles. The molecular formula is C11H14BNOS2. The molecule has 0 fully saturated rings. The number of benzene rings is 1. The van der Waals surface area contributed by atoms with Crippen LogP contribution in [-0.4, -0.2) is 24.3 Å². The summed E-state index contributed by atoms with van der Waals surface area (Å²) in [6, 6.07) is 8.36. The Morgan fingerprint density at radius 1 is 1.44 bits per heavy atom. The van der Waals surface area contributed by atoms with E-state index in [4.69, 9.17) is 12.2 Å². The fourth-order valence-electron chi connectivity index (χ4n) is 1.28. The van der Waals surface area contributed by atoms with Crippen molar-refractivity contribution in [2.75, 3.05) is 13.0 Å². The molecular weight excluding hydrogens is 237 g/mol. The first-order valence-corrected chi connectivity index (χ1v) is 6.36. The van der Waals surface area contributed by atoms with E-state index in [1.54, 1.807) is 11.8 Å². The molecule has 1 aromatic rings. The predicted octanol–water partition coefficient (Wildman–Crippen LogP) is 2.27. The summed E-state index contributed by atoms with van der Waals surface area (Å²) in [5, 5.41) is 3.04. The first kappa shape index (κ1) is 13.5. The van der Waals surface area contributed by atoms with Gasteiger partial charge in [-0.1, -0.05) is 0 Å². The van der Waals surface area contributed by atoms with Gasteiger partial charge in [-0.25, -0.2) is 0 Å². The van der Waals surface area contributed by atoms with Crippen molar-refractivity contribution in [1.29, 1.82) is 0 Å². The van der Waals surface area contributed by atoms with Gasteiger partial charge in [-0.15, -0.1) is 0 Å². The van der Waals surface area contributed by atoms with Gasteiger partial charge in [-0.2, -0.15) is 0 Å². The van der Waals surface area contributed by atoms with Gasteiger partial charge < -0.3 is 0 Å². The Morgan fingerprint density at radius 3 is 2.69 bits per heavy atom. The molecule has 1 N–H and O–H groups in total. The van der Waals surface area contributed by atoms with Crippen molar-refractivity contribution in [2.24, 2.45) is 0 Å². The summed E-state index contributed by atoms with van der Waals surface area (Å²) in [6.07, 6.45) is 1.37. The van der Waals surface area contributed by atoms with Gasteiger partial charge in [0.05, 0.1) is 0 Å². The third-order valence-corrected chi connectivity index (χ3v) is 3.05. The van der Waals surface area contributed by atoms with Crippen LogP contribution in [0.3, 0.4) is 0 Å². The Balaban J connectivity index is 2.38.